The quantitative estimate of drug-likeness (QED) is 0.778. The lowest BCUT2D eigenvalue weighted by atomic mass is 9.95. The number of fused-ring (bicyclic) bond motifs is 1. The Bertz CT molecular complexity index is 594. The average Bonchev–Trinajstić information content (AvgIpc) is 2.71. The van der Waals surface area contributed by atoms with Crippen molar-refractivity contribution in [3.63, 3.8) is 0 Å². The van der Waals surface area contributed by atoms with Gasteiger partial charge in [-0.05, 0) is 25.0 Å². The Kier molecular flexibility index (Phi) is 3.22. The number of aromatic nitrogens is 2. The van der Waals surface area contributed by atoms with E-state index in [0.717, 1.165) is 31.7 Å². The molecule has 0 amide bonds. The van der Waals surface area contributed by atoms with Gasteiger partial charge in [-0.3, -0.25) is 0 Å². The molecule has 19 heavy (non-hydrogen) atoms. The fourth-order valence-electron chi connectivity index (χ4n) is 2.89. The van der Waals surface area contributed by atoms with E-state index in [4.69, 9.17) is 5.73 Å². The molecule has 0 radical (unpaired) electrons. The number of rotatable bonds is 1. The van der Waals surface area contributed by atoms with Crippen molar-refractivity contribution in [3.05, 3.63) is 29.6 Å². The predicted molar refractivity (Wildman–Crippen MR) is 69.8 cm³/mol. The minimum Gasteiger partial charge on any atom is -0.342 e. The standard InChI is InChI=1S/C14H17F2N3/c15-9-6-7-11-13(12(9)16)19-14(18-11)8-4-2-1-3-5-10(8)17/h6-8,10H,1-5,17H2,(H,18,19). The van der Waals surface area contributed by atoms with Gasteiger partial charge in [0.25, 0.3) is 0 Å². The summed E-state index contributed by atoms with van der Waals surface area (Å²) in [6.07, 6.45) is 5.31. The number of nitrogens with one attached hydrogen (secondary N) is 1. The summed E-state index contributed by atoms with van der Waals surface area (Å²) in [5.74, 6) is -0.954. The van der Waals surface area contributed by atoms with Crippen molar-refractivity contribution < 1.29 is 8.78 Å². The highest BCUT2D eigenvalue weighted by atomic mass is 19.2. The highest BCUT2D eigenvalue weighted by Gasteiger charge is 2.25. The van der Waals surface area contributed by atoms with Gasteiger partial charge in [0.15, 0.2) is 11.6 Å². The summed E-state index contributed by atoms with van der Waals surface area (Å²) in [6, 6.07) is 2.68. The zero-order chi connectivity index (χ0) is 13.4. The van der Waals surface area contributed by atoms with Crippen LogP contribution in [-0.2, 0) is 0 Å². The summed E-state index contributed by atoms with van der Waals surface area (Å²) in [4.78, 5) is 7.33. The number of H-pyrrole nitrogens is 1. The first kappa shape index (κ1) is 12.5. The smallest absolute Gasteiger partial charge is 0.186 e. The monoisotopic (exact) mass is 265 g/mol. The second kappa shape index (κ2) is 4.89. The van der Waals surface area contributed by atoms with E-state index in [1.54, 1.807) is 0 Å². The average molecular weight is 265 g/mol. The number of imidazole rings is 1. The van der Waals surface area contributed by atoms with Crippen LogP contribution in [0.3, 0.4) is 0 Å². The van der Waals surface area contributed by atoms with Gasteiger partial charge in [-0.1, -0.05) is 19.3 Å². The highest BCUT2D eigenvalue weighted by Crippen LogP contribution is 2.31. The Balaban J connectivity index is 2.02. The van der Waals surface area contributed by atoms with Gasteiger partial charge in [0, 0.05) is 12.0 Å². The molecular formula is C14H17F2N3. The van der Waals surface area contributed by atoms with Crippen LogP contribution in [0.15, 0.2) is 12.1 Å². The van der Waals surface area contributed by atoms with Gasteiger partial charge in [0.2, 0.25) is 0 Å². The summed E-state index contributed by atoms with van der Waals surface area (Å²) in [6.45, 7) is 0. The van der Waals surface area contributed by atoms with Crippen LogP contribution in [-0.4, -0.2) is 16.0 Å². The van der Waals surface area contributed by atoms with Crippen LogP contribution in [0.5, 0.6) is 0 Å². The van der Waals surface area contributed by atoms with Gasteiger partial charge >= 0.3 is 0 Å². The Morgan fingerprint density at radius 2 is 1.95 bits per heavy atom. The highest BCUT2D eigenvalue weighted by molar-refractivity contribution is 5.75. The molecule has 2 unspecified atom stereocenters. The molecule has 3 nitrogen and oxygen atoms in total. The Morgan fingerprint density at radius 1 is 1.16 bits per heavy atom. The Hall–Kier alpha value is -1.49. The number of hydrogen-bond acceptors (Lipinski definition) is 2. The summed E-state index contributed by atoms with van der Waals surface area (Å²) in [7, 11) is 0. The van der Waals surface area contributed by atoms with Crippen molar-refractivity contribution in [1.29, 1.82) is 0 Å². The second-order valence-corrected chi connectivity index (χ2v) is 5.29. The summed E-state index contributed by atoms with van der Waals surface area (Å²) < 4.78 is 26.9. The normalized spacial score (nSPS) is 24.6. The minimum atomic E-state index is -0.887. The van der Waals surface area contributed by atoms with Crippen LogP contribution in [0.1, 0.15) is 43.8 Å². The van der Waals surface area contributed by atoms with Crippen molar-refractivity contribution in [2.24, 2.45) is 5.73 Å². The molecule has 2 aromatic rings. The minimum absolute atomic E-state index is 0.0379. The lowest BCUT2D eigenvalue weighted by molar-refractivity contribution is 0.487. The SMILES string of the molecule is NC1CCCCCC1c1nc2c(F)c(F)ccc2[nH]1. The Labute approximate surface area is 110 Å². The lowest BCUT2D eigenvalue weighted by Gasteiger charge is -2.18. The molecule has 0 aliphatic heterocycles. The van der Waals surface area contributed by atoms with Crippen LogP contribution in [0, 0.1) is 11.6 Å². The maximum absolute atomic E-state index is 13.7. The zero-order valence-corrected chi connectivity index (χ0v) is 10.6. The maximum Gasteiger partial charge on any atom is 0.186 e. The van der Waals surface area contributed by atoms with E-state index in [1.807, 2.05) is 0 Å². The van der Waals surface area contributed by atoms with Gasteiger partial charge in [-0.15, -0.1) is 0 Å². The van der Waals surface area contributed by atoms with Gasteiger partial charge in [-0.25, -0.2) is 13.8 Å². The van der Waals surface area contributed by atoms with Crippen LogP contribution < -0.4 is 5.73 Å². The fourth-order valence-corrected chi connectivity index (χ4v) is 2.89. The maximum atomic E-state index is 13.7. The van der Waals surface area contributed by atoms with Crippen molar-refractivity contribution in [3.8, 4) is 0 Å². The number of nitrogens with two attached hydrogens (primary N) is 1. The number of benzene rings is 1. The molecule has 1 heterocycles. The summed E-state index contributed by atoms with van der Waals surface area (Å²) in [5.41, 5.74) is 6.78. The topological polar surface area (TPSA) is 54.7 Å². The lowest BCUT2D eigenvalue weighted by Crippen LogP contribution is -2.28. The van der Waals surface area contributed by atoms with Crippen molar-refractivity contribution in [1.82, 2.24) is 9.97 Å². The summed E-state index contributed by atoms with van der Waals surface area (Å²) in [5, 5.41) is 0. The zero-order valence-electron chi connectivity index (χ0n) is 10.6. The molecular weight excluding hydrogens is 248 g/mol. The summed E-state index contributed by atoms with van der Waals surface area (Å²) >= 11 is 0. The van der Waals surface area contributed by atoms with Gasteiger partial charge in [0.1, 0.15) is 11.3 Å². The van der Waals surface area contributed by atoms with Crippen molar-refractivity contribution in [2.75, 3.05) is 0 Å². The number of hydrogen-bond donors (Lipinski definition) is 2. The molecule has 1 aromatic heterocycles. The molecule has 5 heteroatoms. The third-order valence-electron chi connectivity index (χ3n) is 3.98. The van der Waals surface area contributed by atoms with Gasteiger partial charge in [-0.2, -0.15) is 0 Å². The molecule has 1 saturated carbocycles. The number of aromatic amines is 1. The van der Waals surface area contributed by atoms with Crippen LogP contribution in [0.2, 0.25) is 0 Å². The molecule has 3 rings (SSSR count). The van der Waals surface area contributed by atoms with Crippen molar-refractivity contribution in [2.45, 2.75) is 44.1 Å². The van der Waals surface area contributed by atoms with Gasteiger partial charge < -0.3 is 10.7 Å². The Morgan fingerprint density at radius 3 is 2.79 bits per heavy atom. The van der Waals surface area contributed by atoms with Crippen LogP contribution in [0.25, 0.3) is 11.0 Å². The molecule has 3 N–H and O–H groups in total. The van der Waals surface area contributed by atoms with Crippen molar-refractivity contribution >= 4 is 11.0 Å². The van der Waals surface area contributed by atoms with E-state index >= 15 is 0 Å². The van der Waals surface area contributed by atoms with E-state index in [2.05, 4.69) is 9.97 Å². The van der Waals surface area contributed by atoms with E-state index < -0.39 is 11.6 Å². The third-order valence-corrected chi connectivity index (χ3v) is 3.98. The van der Waals surface area contributed by atoms with E-state index in [-0.39, 0.29) is 17.5 Å². The number of halogens is 2. The van der Waals surface area contributed by atoms with Gasteiger partial charge in [0.05, 0.1) is 5.52 Å². The largest absolute Gasteiger partial charge is 0.342 e. The number of nitrogens with zero attached hydrogens (tertiary/aromatic N) is 1. The van der Waals surface area contributed by atoms with Crippen LogP contribution >= 0.6 is 0 Å². The molecule has 0 spiro atoms. The first-order chi connectivity index (χ1) is 9.16. The molecule has 2 atom stereocenters. The molecule has 1 fully saturated rings. The first-order valence-electron chi connectivity index (χ1n) is 6.76. The third kappa shape index (κ3) is 2.23. The van der Waals surface area contributed by atoms with E-state index in [0.29, 0.717) is 11.3 Å². The molecule has 102 valence electrons. The van der Waals surface area contributed by atoms with E-state index in [9.17, 15) is 8.78 Å². The van der Waals surface area contributed by atoms with E-state index in [1.165, 1.54) is 12.5 Å². The predicted octanol–water partition coefficient (Wildman–Crippen LogP) is 3.22. The fraction of sp³-hybridized carbons (Fsp3) is 0.500. The molecule has 1 aromatic carbocycles. The molecule has 1 aliphatic rings. The second-order valence-electron chi connectivity index (χ2n) is 5.29. The molecule has 0 bridgehead atoms. The molecule has 1 aliphatic carbocycles. The molecule has 0 saturated heterocycles. The van der Waals surface area contributed by atoms with Crippen LogP contribution in [0.4, 0.5) is 8.78 Å². The first-order valence-corrected chi connectivity index (χ1v) is 6.76.